The average molecular weight is 890 g/mol. The van der Waals surface area contributed by atoms with Crippen LogP contribution in [-0.2, 0) is 28.6 Å². The third-order valence-corrected chi connectivity index (χ3v) is 10.5. The summed E-state index contributed by atoms with van der Waals surface area (Å²) in [6.45, 7) is 4.45. The van der Waals surface area contributed by atoms with E-state index in [9.17, 15) is 19.5 Å². The number of carboxylic acids is 1. The molecule has 0 aromatic heterocycles. The van der Waals surface area contributed by atoms with Gasteiger partial charge < -0.3 is 28.6 Å². The van der Waals surface area contributed by atoms with Crippen LogP contribution in [0, 0.1) is 0 Å². The Balaban J connectivity index is 4.38. The molecular formula is C56H91NO7. The highest BCUT2D eigenvalue weighted by atomic mass is 16.6. The first-order chi connectivity index (χ1) is 31.1. The molecule has 64 heavy (non-hydrogen) atoms. The van der Waals surface area contributed by atoms with Crippen molar-refractivity contribution in [3.8, 4) is 0 Å². The summed E-state index contributed by atoms with van der Waals surface area (Å²) in [5.41, 5.74) is 0. The van der Waals surface area contributed by atoms with Crippen molar-refractivity contribution in [2.75, 3.05) is 41.0 Å². The number of unbranched alkanes of at least 4 members (excludes halogenated alkanes) is 14. The Bertz CT molecular complexity index is 1410. The van der Waals surface area contributed by atoms with E-state index in [4.69, 9.17) is 14.2 Å². The molecule has 0 saturated carbocycles. The quantitative estimate of drug-likeness (QED) is 0.0197. The Morgan fingerprint density at radius 2 is 0.938 bits per heavy atom. The Kier molecular flexibility index (Phi) is 42.7. The minimum Gasteiger partial charge on any atom is -0.544 e. The molecule has 0 bridgehead atoms. The first-order valence-corrected chi connectivity index (χ1v) is 25.0. The zero-order chi connectivity index (χ0) is 47.0. The summed E-state index contributed by atoms with van der Waals surface area (Å²) in [4.78, 5) is 37.0. The molecule has 0 saturated heterocycles. The molecule has 2 atom stereocenters. The summed E-state index contributed by atoms with van der Waals surface area (Å²) < 4.78 is 17.2. The number of quaternary nitrogens is 1. The monoisotopic (exact) mass is 890 g/mol. The molecule has 0 aromatic carbocycles. The summed E-state index contributed by atoms with van der Waals surface area (Å²) in [6.07, 6.45) is 62.5. The van der Waals surface area contributed by atoms with E-state index in [1.54, 1.807) is 21.1 Å². The fourth-order valence-electron chi connectivity index (χ4n) is 6.64. The Morgan fingerprint density at radius 3 is 1.44 bits per heavy atom. The van der Waals surface area contributed by atoms with Crippen molar-refractivity contribution in [1.29, 1.82) is 0 Å². The average Bonchev–Trinajstić information content (AvgIpc) is 3.26. The van der Waals surface area contributed by atoms with Gasteiger partial charge in [0.05, 0.1) is 40.3 Å². The van der Waals surface area contributed by atoms with Gasteiger partial charge in [-0.1, -0.05) is 181 Å². The molecule has 0 radical (unpaired) electrons. The summed E-state index contributed by atoms with van der Waals surface area (Å²) in [7, 11) is 5.39. The standard InChI is InChI=1S/C56H91NO7/c1-6-8-10-12-14-16-18-20-22-24-26-27-28-29-31-33-35-37-39-41-43-45-47-55(59)64-52(50-62-49-48-53(56(60)61)57(3,4)5)51-63-54(58)46-44-42-40-38-36-34-32-30-25-23-21-19-17-15-13-11-9-7-2/h8,10,14-17,19-23,25-27,29-32,52-53H,6-7,9,11-13,18,24,28,33-51H2,1-5H3/b10-8+,16-14+,17-15+,21-19+,22-20+,25-23+,27-26+,31-29+,32-30+. The second-order valence-corrected chi connectivity index (χ2v) is 17.4. The van der Waals surface area contributed by atoms with Crippen molar-refractivity contribution in [3.05, 3.63) is 109 Å². The SMILES string of the molecule is CC/C=C/C/C=C/C/C=C/C/C=C/C/C=C/CCCCCCCCC(=O)OC(COCCC(C(=O)[O-])[N+](C)(C)C)COC(=O)CCCCCCC/C=C/C=C/C=C/C=C/CCCCC. The molecule has 0 heterocycles. The van der Waals surface area contributed by atoms with E-state index < -0.39 is 18.1 Å². The lowest BCUT2D eigenvalue weighted by molar-refractivity contribution is -0.889. The Morgan fingerprint density at radius 1 is 0.500 bits per heavy atom. The van der Waals surface area contributed by atoms with E-state index in [0.29, 0.717) is 12.8 Å². The smallest absolute Gasteiger partial charge is 0.306 e. The van der Waals surface area contributed by atoms with Gasteiger partial charge in [0.25, 0.3) is 0 Å². The highest BCUT2D eigenvalue weighted by Crippen LogP contribution is 2.13. The molecule has 0 spiro atoms. The van der Waals surface area contributed by atoms with Crippen LogP contribution in [0.5, 0.6) is 0 Å². The molecule has 0 N–H and O–H groups in total. The van der Waals surface area contributed by atoms with Gasteiger partial charge >= 0.3 is 11.9 Å². The number of hydrogen-bond donors (Lipinski definition) is 0. The zero-order valence-corrected chi connectivity index (χ0v) is 41.2. The topological polar surface area (TPSA) is 102 Å². The van der Waals surface area contributed by atoms with Gasteiger partial charge in [0.2, 0.25) is 0 Å². The van der Waals surface area contributed by atoms with Crippen LogP contribution >= 0.6 is 0 Å². The number of rotatable bonds is 43. The maximum absolute atomic E-state index is 12.8. The number of hydrogen-bond acceptors (Lipinski definition) is 7. The minimum absolute atomic E-state index is 0.0191. The highest BCUT2D eigenvalue weighted by Gasteiger charge is 2.25. The van der Waals surface area contributed by atoms with E-state index in [2.05, 4.69) is 117 Å². The maximum atomic E-state index is 12.8. The lowest BCUT2D eigenvalue weighted by atomic mass is 10.1. The van der Waals surface area contributed by atoms with Gasteiger partial charge in [-0.2, -0.15) is 0 Å². The van der Waals surface area contributed by atoms with E-state index >= 15 is 0 Å². The normalized spacial score (nSPS) is 13.8. The summed E-state index contributed by atoms with van der Waals surface area (Å²) >= 11 is 0. The van der Waals surface area contributed by atoms with Gasteiger partial charge in [0.15, 0.2) is 6.10 Å². The van der Waals surface area contributed by atoms with Crippen molar-refractivity contribution >= 4 is 17.9 Å². The number of aliphatic carboxylic acids is 1. The van der Waals surface area contributed by atoms with Crippen LogP contribution in [-0.4, -0.2) is 75.5 Å². The van der Waals surface area contributed by atoms with Gasteiger partial charge in [-0.3, -0.25) is 9.59 Å². The number of esters is 2. The lowest BCUT2D eigenvalue weighted by Crippen LogP contribution is -2.55. The Hall–Kier alpha value is -4.01. The highest BCUT2D eigenvalue weighted by molar-refractivity contribution is 5.70. The molecule has 0 aliphatic carbocycles. The third-order valence-electron chi connectivity index (χ3n) is 10.5. The second-order valence-electron chi connectivity index (χ2n) is 17.4. The number of allylic oxidation sites excluding steroid dienone is 18. The van der Waals surface area contributed by atoms with E-state index in [1.165, 1.54) is 25.7 Å². The molecule has 0 amide bonds. The number of carbonyl (C=O) groups is 3. The molecule has 0 rings (SSSR count). The van der Waals surface area contributed by atoms with Crippen molar-refractivity contribution in [2.45, 2.75) is 187 Å². The van der Waals surface area contributed by atoms with E-state index in [0.717, 1.165) is 116 Å². The molecule has 2 unspecified atom stereocenters. The number of likely N-dealkylation sites (N-methyl/N-ethyl adjacent to an activating group) is 1. The number of carboxylic acid groups (broad SMARTS) is 1. The molecular weight excluding hydrogens is 799 g/mol. The largest absolute Gasteiger partial charge is 0.544 e. The second kappa shape index (κ2) is 45.6. The van der Waals surface area contributed by atoms with Crippen molar-refractivity contribution < 1.29 is 38.2 Å². The van der Waals surface area contributed by atoms with Crippen molar-refractivity contribution in [1.82, 2.24) is 0 Å². The van der Waals surface area contributed by atoms with Gasteiger partial charge in [-0.25, -0.2) is 0 Å². The lowest BCUT2D eigenvalue weighted by Gasteiger charge is -2.34. The molecule has 0 aliphatic rings. The molecule has 0 aliphatic heterocycles. The summed E-state index contributed by atoms with van der Waals surface area (Å²) in [5.74, 6) is -1.80. The minimum atomic E-state index is -1.14. The van der Waals surface area contributed by atoms with Crippen LogP contribution < -0.4 is 5.11 Å². The summed E-state index contributed by atoms with van der Waals surface area (Å²) in [5, 5.41) is 11.7. The summed E-state index contributed by atoms with van der Waals surface area (Å²) in [6, 6.07) is -0.740. The first-order valence-electron chi connectivity index (χ1n) is 25.0. The van der Waals surface area contributed by atoms with Gasteiger partial charge in [-0.05, 0) is 83.5 Å². The predicted octanol–water partition coefficient (Wildman–Crippen LogP) is 13.1. The van der Waals surface area contributed by atoms with E-state index in [-0.39, 0.29) is 42.7 Å². The van der Waals surface area contributed by atoms with Crippen LogP contribution in [0.1, 0.15) is 174 Å². The number of carbonyl (C=O) groups excluding carboxylic acids is 3. The first kappa shape index (κ1) is 60.0. The van der Waals surface area contributed by atoms with Crippen LogP contribution in [0.2, 0.25) is 0 Å². The fourth-order valence-corrected chi connectivity index (χ4v) is 6.64. The van der Waals surface area contributed by atoms with Crippen LogP contribution in [0.4, 0.5) is 0 Å². The molecule has 362 valence electrons. The third kappa shape index (κ3) is 43.3. The van der Waals surface area contributed by atoms with Gasteiger partial charge in [0, 0.05) is 19.3 Å². The fraction of sp³-hybridized carbons (Fsp3) is 0.625. The van der Waals surface area contributed by atoms with Crippen molar-refractivity contribution in [2.24, 2.45) is 0 Å². The molecule has 0 aromatic rings. The molecule has 0 fully saturated rings. The Labute approximate surface area is 391 Å². The maximum Gasteiger partial charge on any atom is 0.306 e. The molecule has 8 heteroatoms. The predicted molar refractivity (Wildman–Crippen MR) is 268 cm³/mol. The molecule has 8 nitrogen and oxygen atoms in total. The van der Waals surface area contributed by atoms with Crippen LogP contribution in [0.3, 0.4) is 0 Å². The number of ether oxygens (including phenoxy) is 3. The van der Waals surface area contributed by atoms with Crippen LogP contribution in [0.25, 0.3) is 0 Å². The zero-order valence-electron chi connectivity index (χ0n) is 41.2. The number of nitrogens with zero attached hydrogens (tertiary/aromatic N) is 1. The van der Waals surface area contributed by atoms with E-state index in [1.807, 2.05) is 6.08 Å². The van der Waals surface area contributed by atoms with Gasteiger partial charge in [0.1, 0.15) is 12.6 Å². The van der Waals surface area contributed by atoms with Crippen LogP contribution in [0.15, 0.2) is 109 Å². The van der Waals surface area contributed by atoms with Crippen molar-refractivity contribution in [3.63, 3.8) is 0 Å². The van der Waals surface area contributed by atoms with Gasteiger partial charge in [-0.15, -0.1) is 0 Å².